The van der Waals surface area contributed by atoms with Gasteiger partial charge in [0.15, 0.2) is 0 Å². The van der Waals surface area contributed by atoms with E-state index in [0.717, 1.165) is 0 Å². The summed E-state index contributed by atoms with van der Waals surface area (Å²) in [5.74, 6) is -1.79. The maximum Gasteiger partial charge on any atom is 0.380 e. The lowest BCUT2D eigenvalue weighted by molar-refractivity contribution is -0.158. The first-order valence-corrected chi connectivity index (χ1v) is 15.1. The van der Waals surface area contributed by atoms with Crippen molar-refractivity contribution in [3.8, 4) is 5.75 Å². The third-order valence-electron chi connectivity index (χ3n) is 6.96. The van der Waals surface area contributed by atoms with Gasteiger partial charge >= 0.3 is 25.2 Å². The van der Waals surface area contributed by atoms with Gasteiger partial charge in [0.05, 0.1) is 36.6 Å². The van der Waals surface area contributed by atoms with Crippen LogP contribution < -0.4 is 15.9 Å². The minimum Gasteiger partial charge on any atom is -0.466 e. The molecular formula is C27H36N3O9P. The van der Waals surface area contributed by atoms with Crippen molar-refractivity contribution in [1.82, 2.24) is 9.55 Å². The zero-order chi connectivity index (χ0) is 29.1. The number of hydrogen-bond acceptors (Lipinski definition) is 11. The van der Waals surface area contributed by atoms with E-state index in [2.05, 4.69) is 4.98 Å². The van der Waals surface area contributed by atoms with E-state index in [1.807, 2.05) is 0 Å². The van der Waals surface area contributed by atoms with Crippen molar-refractivity contribution in [2.45, 2.75) is 59.0 Å². The number of hydrogen-bond donors (Lipinski definition) is 1. The van der Waals surface area contributed by atoms with Gasteiger partial charge in [-0.3, -0.25) is 18.7 Å². The van der Waals surface area contributed by atoms with Gasteiger partial charge in [-0.25, -0.2) is 9.36 Å². The van der Waals surface area contributed by atoms with Crippen molar-refractivity contribution in [2.24, 2.45) is 17.3 Å². The molecule has 1 aromatic heterocycles. The number of nitrogen functional groups attached to an aromatic ring is 1. The lowest BCUT2D eigenvalue weighted by Crippen LogP contribution is -2.38. The average Bonchev–Trinajstić information content (AvgIpc) is 3.64. The van der Waals surface area contributed by atoms with Gasteiger partial charge in [0.1, 0.15) is 30.0 Å². The van der Waals surface area contributed by atoms with Crippen LogP contribution in [0.4, 0.5) is 5.82 Å². The molecule has 1 unspecified atom stereocenters. The van der Waals surface area contributed by atoms with Crippen molar-refractivity contribution in [3.05, 3.63) is 53.1 Å². The molecule has 13 heteroatoms. The van der Waals surface area contributed by atoms with E-state index < -0.39 is 60.9 Å². The first kappa shape index (κ1) is 29.8. The summed E-state index contributed by atoms with van der Waals surface area (Å²) in [5, 5.41) is 0. The molecule has 1 aliphatic heterocycles. The molecule has 1 saturated carbocycles. The van der Waals surface area contributed by atoms with E-state index in [-0.39, 0.29) is 25.2 Å². The Hall–Kier alpha value is -3.21. The molecule has 40 heavy (non-hydrogen) atoms. The van der Waals surface area contributed by atoms with Crippen LogP contribution in [0.15, 0.2) is 47.4 Å². The molecule has 5 atom stereocenters. The van der Waals surface area contributed by atoms with Crippen LogP contribution in [0.1, 0.15) is 46.8 Å². The Labute approximate surface area is 232 Å². The molecule has 2 aliphatic rings. The number of aromatic nitrogens is 2. The van der Waals surface area contributed by atoms with E-state index in [1.165, 1.54) is 16.8 Å². The number of ether oxygens (including phenoxy) is 3. The van der Waals surface area contributed by atoms with E-state index in [1.54, 1.807) is 58.0 Å². The molecule has 12 nitrogen and oxygen atoms in total. The first-order chi connectivity index (χ1) is 19.0. The Morgan fingerprint density at radius 1 is 1.18 bits per heavy atom. The third-order valence-corrected chi connectivity index (χ3v) is 8.98. The maximum atomic E-state index is 14.0. The molecule has 1 aliphatic carbocycles. The number of rotatable bonds is 12. The number of benzene rings is 1. The fraction of sp³-hybridized carbons (Fsp3) is 0.556. The van der Waals surface area contributed by atoms with Gasteiger partial charge in [0.2, 0.25) is 0 Å². The zero-order valence-electron chi connectivity index (χ0n) is 23.1. The van der Waals surface area contributed by atoms with Crippen LogP contribution in [0.5, 0.6) is 5.75 Å². The summed E-state index contributed by atoms with van der Waals surface area (Å²) < 4.78 is 44.4. The van der Waals surface area contributed by atoms with Gasteiger partial charge < -0.3 is 24.5 Å². The number of esters is 2. The van der Waals surface area contributed by atoms with E-state index in [9.17, 15) is 18.9 Å². The Morgan fingerprint density at radius 2 is 1.88 bits per heavy atom. The fourth-order valence-corrected chi connectivity index (χ4v) is 6.60. The average molecular weight is 578 g/mol. The zero-order valence-corrected chi connectivity index (χ0v) is 24.0. The molecule has 0 radical (unpaired) electrons. The fourth-order valence-electron chi connectivity index (χ4n) is 4.73. The van der Waals surface area contributed by atoms with E-state index in [4.69, 9.17) is 29.0 Å². The van der Waals surface area contributed by atoms with Crippen molar-refractivity contribution in [1.29, 1.82) is 0 Å². The molecule has 2 heterocycles. The third kappa shape index (κ3) is 6.56. The van der Waals surface area contributed by atoms with Crippen LogP contribution >= 0.6 is 7.60 Å². The molecule has 2 aromatic rings. The normalized spacial score (nSPS) is 23.4. The topological polar surface area (TPSA) is 158 Å². The molecule has 0 bridgehead atoms. The van der Waals surface area contributed by atoms with Crippen molar-refractivity contribution in [3.63, 3.8) is 0 Å². The minimum atomic E-state index is -3.96. The Kier molecular flexibility index (Phi) is 9.02. The van der Waals surface area contributed by atoms with E-state index in [0.29, 0.717) is 18.6 Å². The Morgan fingerprint density at radius 3 is 2.48 bits per heavy atom. The molecule has 0 amide bonds. The number of anilines is 1. The predicted molar refractivity (Wildman–Crippen MR) is 144 cm³/mol. The van der Waals surface area contributed by atoms with Gasteiger partial charge in [-0.05, 0) is 38.0 Å². The number of nitrogens with zero attached hydrogens (tertiary/aromatic N) is 2. The molecule has 1 spiro atoms. The van der Waals surface area contributed by atoms with Crippen LogP contribution in [0.3, 0.4) is 0 Å². The van der Waals surface area contributed by atoms with Gasteiger partial charge in [-0.15, -0.1) is 0 Å². The highest BCUT2D eigenvalue weighted by molar-refractivity contribution is 7.54. The summed E-state index contributed by atoms with van der Waals surface area (Å²) in [6.07, 6.45) is 0.0110. The second-order valence-electron chi connectivity index (χ2n) is 10.5. The smallest absolute Gasteiger partial charge is 0.380 e. The molecule has 1 aromatic carbocycles. The second-order valence-corrected chi connectivity index (χ2v) is 12.5. The van der Waals surface area contributed by atoms with Crippen LogP contribution in [-0.4, -0.2) is 53.1 Å². The number of para-hydroxylation sites is 1. The lowest BCUT2D eigenvalue weighted by Gasteiger charge is -2.26. The van der Waals surface area contributed by atoms with Gasteiger partial charge in [-0.2, -0.15) is 4.98 Å². The summed E-state index contributed by atoms with van der Waals surface area (Å²) in [4.78, 5) is 41.5. The van der Waals surface area contributed by atoms with Crippen molar-refractivity contribution in [2.75, 3.05) is 25.1 Å². The molecule has 1 saturated heterocycles. The van der Waals surface area contributed by atoms with E-state index >= 15 is 0 Å². The SMILES string of the molecule is CCOC(=O)[C@H](C)CP(=O)(OC[C@H]1O[C@@H](n2ccc(N)nc2=O)C2(CC2)[C@@H]1OC(=O)C(C)C)Oc1ccccc1. The van der Waals surface area contributed by atoms with Gasteiger partial charge in [-0.1, -0.05) is 39.0 Å². The van der Waals surface area contributed by atoms with Gasteiger partial charge in [0.25, 0.3) is 0 Å². The predicted octanol–water partition coefficient (Wildman–Crippen LogP) is 3.56. The first-order valence-electron chi connectivity index (χ1n) is 13.3. The summed E-state index contributed by atoms with van der Waals surface area (Å²) in [6, 6.07) is 9.95. The maximum absolute atomic E-state index is 14.0. The van der Waals surface area contributed by atoms with Crippen LogP contribution in [0.25, 0.3) is 0 Å². The molecule has 2 fully saturated rings. The quantitative estimate of drug-likeness (QED) is 0.290. The highest BCUT2D eigenvalue weighted by Gasteiger charge is 2.67. The minimum absolute atomic E-state index is 0.0708. The molecule has 2 N–H and O–H groups in total. The van der Waals surface area contributed by atoms with Crippen molar-refractivity contribution >= 4 is 25.4 Å². The summed E-state index contributed by atoms with van der Waals surface area (Å²) in [6.45, 7) is 6.59. The Bertz CT molecular complexity index is 1310. The number of nitrogens with two attached hydrogens (primary N) is 1. The molecule has 218 valence electrons. The molecule has 4 rings (SSSR count). The van der Waals surface area contributed by atoms with Crippen LogP contribution in [-0.2, 0) is 32.9 Å². The summed E-state index contributed by atoms with van der Waals surface area (Å²) in [7, 11) is -3.96. The standard InChI is InChI=1S/C27H36N3O9P/c1-5-35-24(32)18(4)16-40(34,39-19-9-7-6-8-10-19)36-15-20-22(38-23(31)17(2)3)27(12-13-27)25(37-20)30-14-11-21(28)29-26(30)33/h6-11,14,17-18,20,22,25H,5,12-13,15-16H2,1-4H3,(H2,28,29,33)/t18-,20-,22-,25-,40?/m1/s1. The van der Waals surface area contributed by atoms with Crippen LogP contribution in [0.2, 0.25) is 0 Å². The van der Waals surface area contributed by atoms with Crippen molar-refractivity contribution < 1.29 is 37.4 Å². The highest BCUT2D eigenvalue weighted by atomic mass is 31.2. The number of carbonyl (C=O) groups excluding carboxylic acids is 2. The number of carbonyl (C=O) groups is 2. The summed E-state index contributed by atoms with van der Waals surface area (Å²) >= 11 is 0. The largest absolute Gasteiger partial charge is 0.466 e. The van der Waals surface area contributed by atoms with Crippen LogP contribution in [0, 0.1) is 17.3 Å². The highest BCUT2D eigenvalue weighted by Crippen LogP contribution is 2.64. The summed E-state index contributed by atoms with van der Waals surface area (Å²) in [5.41, 5.74) is 4.37. The second kappa shape index (κ2) is 12.1. The Balaban J connectivity index is 1.61. The monoisotopic (exact) mass is 577 g/mol. The molecular weight excluding hydrogens is 541 g/mol. The lowest BCUT2D eigenvalue weighted by atomic mass is 9.96. The van der Waals surface area contributed by atoms with Gasteiger partial charge in [0, 0.05) is 6.20 Å².